The van der Waals surface area contributed by atoms with Gasteiger partial charge in [0.05, 0.1) is 5.69 Å². The molecule has 2 nitrogen and oxygen atoms in total. The van der Waals surface area contributed by atoms with Crippen LogP contribution < -0.4 is 0 Å². The van der Waals surface area contributed by atoms with E-state index in [0.29, 0.717) is 5.41 Å². The van der Waals surface area contributed by atoms with Crippen molar-refractivity contribution in [2.24, 2.45) is 5.41 Å². The number of hydrogen-bond donors (Lipinski definition) is 0. The molecule has 0 atom stereocenters. The van der Waals surface area contributed by atoms with Crippen LogP contribution >= 0.6 is 0 Å². The second kappa shape index (κ2) is 3.95. The highest BCUT2D eigenvalue weighted by molar-refractivity contribution is 5.05. The van der Waals surface area contributed by atoms with Gasteiger partial charge in [0.2, 0.25) is 0 Å². The minimum absolute atomic E-state index is 0.345. The largest absolute Gasteiger partial charge is 0.361 e. The second-order valence-electron chi connectivity index (χ2n) is 4.52. The first-order chi connectivity index (χ1) is 6.03. The van der Waals surface area contributed by atoms with Crippen molar-refractivity contribution in [1.29, 1.82) is 0 Å². The van der Waals surface area contributed by atoms with Crippen LogP contribution in [-0.4, -0.2) is 5.16 Å². The quantitative estimate of drug-likeness (QED) is 0.712. The zero-order chi connectivity index (χ0) is 9.90. The molecule has 74 valence electrons. The maximum absolute atomic E-state index is 5.04. The lowest BCUT2D eigenvalue weighted by atomic mass is 9.83. The van der Waals surface area contributed by atoms with Gasteiger partial charge in [0.1, 0.15) is 5.76 Å². The molecule has 0 bridgehead atoms. The zero-order valence-corrected chi connectivity index (χ0v) is 9.05. The molecule has 1 heterocycles. The molecule has 0 aromatic carbocycles. The summed E-state index contributed by atoms with van der Waals surface area (Å²) in [4.78, 5) is 0. The van der Waals surface area contributed by atoms with Crippen molar-refractivity contribution in [3.05, 3.63) is 17.5 Å². The molecule has 0 saturated heterocycles. The Labute approximate surface area is 80.3 Å². The zero-order valence-electron chi connectivity index (χ0n) is 9.05. The minimum atomic E-state index is 0.345. The van der Waals surface area contributed by atoms with Crippen LogP contribution in [0.2, 0.25) is 0 Å². The highest BCUT2D eigenvalue weighted by atomic mass is 16.5. The Bertz CT molecular complexity index is 263. The fraction of sp³-hybridized carbons (Fsp3) is 0.727. The van der Waals surface area contributed by atoms with Gasteiger partial charge in [-0.2, -0.15) is 0 Å². The van der Waals surface area contributed by atoms with E-state index in [9.17, 15) is 0 Å². The fourth-order valence-electron chi connectivity index (χ4n) is 1.76. The third-order valence-electron chi connectivity index (χ3n) is 2.26. The van der Waals surface area contributed by atoms with Gasteiger partial charge in [0.25, 0.3) is 0 Å². The van der Waals surface area contributed by atoms with Crippen LogP contribution in [-0.2, 0) is 6.42 Å². The molecule has 2 heteroatoms. The maximum Gasteiger partial charge on any atom is 0.133 e. The molecular weight excluding hydrogens is 162 g/mol. The van der Waals surface area contributed by atoms with Gasteiger partial charge in [-0.15, -0.1) is 0 Å². The third kappa shape index (κ3) is 3.21. The number of nitrogens with zero attached hydrogens (tertiary/aromatic N) is 1. The Morgan fingerprint density at radius 2 is 2.15 bits per heavy atom. The number of hydrogen-bond acceptors (Lipinski definition) is 2. The van der Waals surface area contributed by atoms with Gasteiger partial charge in [-0.05, 0) is 25.2 Å². The van der Waals surface area contributed by atoms with E-state index in [1.54, 1.807) is 0 Å². The van der Waals surface area contributed by atoms with Crippen LogP contribution in [0.5, 0.6) is 0 Å². The first-order valence-electron chi connectivity index (χ1n) is 4.96. The van der Waals surface area contributed by atoms with Gasteiger partial charge in [-0.1, -0.05) is 32.3 Å². The summed E-state index contributed by atoms with van der Waals surface area (Å²) in [6.45, 7) is 8.71. The molecule has 0 aliphatic rings. The number of aromatic nitrogens is 1. The Kier molecular flexibility index (Phi) is 3.12. The van der Waals surface area contributed by atoms with E-state index >= 15 is 0 Å². The predicted octanol–water partition coefficient (Wildman–Crippen LogP) is 3.35. The summed E-state index contributed by atoms with van der Waals surface area (Å²) < 4.78 is 5.04. The van der Waals surface area contributed by atoms with Gasteiger partial charge in [0.15, 0.2) is 0 Å². The van der Waals surface area contributed by atoms with Crippen LogP contribution in [0, 0.1) is 12.3 Å². The summed E-state index contributed by atoms with van der Waals surface area (Å²) in [5.74, 6) is 0.905. The first-order valence-corrected chi connectivity index (χ1v) is 4.96. The lowest BCUT2D eigenvalue weighted by molar-refractivity contribution is 0.313. The van der Waals surface area contributed by atoms with E-state index in [-0.39, 0.29) is 0 Å². The standard InChI is InChI=1S/C11H19NO/c1-5-6-11(3,4)8-10-7-9(2)13-12-10/h7H,5-6,8H2,1-4H3. The molecule has 0 unspecified atom stereocenters. The smallest absolute Gasteiger partial charge is 0.133 e. The van der Waals surface area contributed by atoms with Crippen molar-refractivity contribution in [2.45, 2.75) is 47.0 Å². The van der Waals surface area contributed by atoms with Gasteiger partial charge in [0, 0.05) is 6.07 Å². The molecule has 1 rings (SSSR count). The fourth-order valence-corrected chi connectivity index (χ4v) is 1.76. The molecule has 0 amide bonds. The van der Waals surface area contributed by atoms with Crippen molar-refractivity contribution in [1.82, 2.24) is 5.16 Å². The average Bonchev–Trinajstić information content (AvgIpc) is 2.34. The second-order valence-corrected chi connectivity index (χ2v) is 4.52. The monoisotopic (exact) mass is 181 g/mol. The Morgan fingerprint density at radius 3 is 2.62 bits per heavy atom. The lowest BCUT2D eigenvalue weighted by Gasteiger charge is -2.22. The Balaban J connectivity index is 2.57. The molecule has 0 aliphatic heterocycles. The molecule has 1 aromatic rings. The van der Waals surface area contributed by atoms with Crippen LogP contribution in [0.1, 0.15) is 45.1 Å². The summed E-state index contributed by atoms with van der Waals surface area (Å²) in [5, 5.41) is 4.01. The van der Waals surface area contributed by atoms with Crippen molar-refractivity contribution in [2.75, 3.05) is 0 Å². The van der Waals surface area contributed by atoms with Crippen molar-refractivity contribution < 1.29 is 4.52 Å². The Morgan fingerprint density at radius 1 is 1.46 bits per heavy atom. The van der Waals surface area contributed by atoms with Gasteiger partial charge in [-0.25, -0.2) is 0 Å². The van der Waals surface area contributed by atoms with Gasteiger partial charge >= 0.3 is 0 Å². The lowest BCUT2D eigenvalue weighted by Crippen LogP contribution is -2.14. The van der Waals surface area contributed by atoms with Gasteiger partial charge in [-0.3, -0.25) is 0 Å². The van der Waals surface area contributed by atoms with Crippen LogP contribution in [0.3, 0.4) is 0 Å². The van der Waals surface area contributed by atoms with Crippen molar-refractivity contribution in [3.8, 4) is 0 Å². The van der Waals surface area contributed by atoms with Crippen LogP contribution in [0.4, 0.5) is 0 Å². The number of aryl methyl sites for hydroxylation is 1. The minimum Gasteiger partial charge on any atom is -0.361 e. The summed E-state index contributed by atoms with van der Waals surface area (Å²) in [6.07, 6.45) is 3.47. The highest BCUT2D eigenvalue weighted by Gasteiger charge is 2.18. The van der Waals surface area contributed by atoms with Crippen LogP contribution in [0.25, 0.3) is 0 Å². The van der Waals surface area contributed by atoms with E-state index in [2.05, 4.69) is 25.9 Å². The molecule has 0 saturated carbocycles. The van der Waals surface area contributed by atoms with Crippen LogP contribution in [0.15, 0.2) is 10.6 Å². The summed E-state index contributed by atoms with van der Waals surface area (Å²) in [5.41, 5.74) is 1.42. The summed E-state index contributed by atoms with van der Waals surface area (Å²) >= 11 is 0. The summed E-state index contributed by atoms with van der Waals surface area (Å²) in [6, 6.07) is 2.03. The Hall–Kier alpha value is -0.790. The highest BCUT2D eigenvalue weighted by Crippen LogP contribution is 2.26. The molecule has 0 N–H and O–H groups in total. The van der Waals surface area contributed by atoms with E-state index < -0.39 is 0 Å². The van der Waals surface area contributed by atoms with Gasteiger partial charge < -0.3 is 4.52 Å². The SMILES string of the molecule is CCCC(C)(C)Cc1cc(C)on1. The molecule has 0 spiro atoms. The molecule has 0 aliphatic carbocycles. The topological polar surface area (TPSA) is 26.0 Å². The summed E-state index contributed by atoms with van der Waals surface area (Å²) in [7, 11) is 0. The molecule has 13 heavy (non-hydrogen) atoms. The normalized spacial score (nSPS) is 12.0. The van der Waals surface area contributed by atoms with Crippen molar-refractivity contribution in [3.63, 3.8) is 0 Å². The third-order valence-corrected chi connectivity index (χ3v) is 2.26. The van der Waals surface area contributed by atoms with E-state index in [1.165, 1.54) is 12.8 Å². The first kappa shape index (κ1) is 10.3. The number of rotatable bonds is 4. The van der Waals surface area contributed by atoms with E-state index in [4.69, 9.17) is 4.52 Å². The maximum atomic E-state index is 5.04. The molecular formula is C11H19NO. The average molecular weight is 181 g/mol. The predicted molar refractivity (Wildman–Crippen MR) is 53.6 cm³/mol. The van der Waals surface area contributed by atoms with Crippen molar-refractivity contribution >= 4 is 0 Å². The molecule has 0 radical (unpaired) electrons. The molecule has 1 aromatic heterocycles. The molecule has 0 fully saturated rings. The van der Waals surface area contributed by atoms with E-state index in [0.717, 1.165) is 17.9 Å². The van der Waals surface area contributed by atoms with E-state index in [1.807, 2.05) is 13.0 Å².